The minimum Gasteiger partial charge on any atom is -0.508 e. The Morgan fingerprint density at radius 2 is 2.00 bits per heavy atom. The summed E-state index contributed by atoms with van der Waals surface area (Å²) in [6.07, 6.45) is 0. The molecule has 6 heteroatoms. The second-order valence-electron chi connectivity index (χ2n) is 4.31. The summed E-state index contributed by atoms with van der Waals surface area (Å²) >= 11 is 4.95. The molecule has 2 aromatic carbocycles. The van der Waals surface area contributed by atoms with E-state index in [-0.39, 0.29) is 5.75 Å². The van der Waals surface area contributed by atoms with E-state index in [9.17, 15) is 5.11 Å². The zero-order chi connectivity index (χ0) is 14.7. The van der Waals surface area contributed by atoms with Crippen molar-refractivity contribution in [3.8, 4) is 17.1 Å². The lowest BCUT2D eigenvalue weighted by atomic mass is 10.2. The summed E-state index contributed by atoms with van der Waals surface area (Å²) in [6.45, 7) is 0. The summed E-state index contributed by atoms with van der Waals surface area (Å²) < 4.78 is 6.22. The fourth-order valence-electron chi connectivity index (χ4n) is 1.78. The maximum absolute atomic E-state index is 9.42. The van der Waals surface area contributed by atoms with E-state index in [4.69, 9.17) is 4.52 Å². The highest BCUT2D eigenvalue weighted by molar-refractivity contribution is 9.10. The number of hydrogen-bond donors (Lipinski definition) is 1. The lowest BCUT2D eigenvalue weighted by molar-refractivity contribution is 0.391. The van der Waals surface area contributed by atoms with Gasteiger partial charge in [-0.1, -0.05) is 39.3 Å². The van der Waals surface area contributed by atoms with Crippen molar-refractivity contribution >= 4 is 27.7 Å². The zero-order valence-electron chi connectivity index (χ0n) is 10.9. The minimum atomic E-state index is 0.250. The van der Waals surface area contributed by atoms with Gasteiger partial charge in [0.25, 0.3) is 0 Å². The fraction of sp³-hybridized carbons (Fsp3) is 0.0667. The molecule has 0 aliphatic carbocycles. The molecule has 1 aromatic heterocycles. The highest BCUT2D eigenvalue weighted by Gasteiger charge is 2.09. The number of halogens is 1. The van der Waals surface area contributed by atoms with Gasteiger partial charge in [0.1, 0.15) is 5.75 Å². The average molecular weight is 363 g/mol. The Balaban J connectivity index is 1.71. The van der Waals surface area contributed by atoms with Crippen molar-refractivity contribution in [2.45, 2.75) is 10.6 Å². The van der Waals surface area contributed by atoms with Crippen molar-refractivity contribution in [2.24, 2.45) is 0 Å². The van der Waals surface area contributed by atoms with Gasteiger partial charge in [-0.15, -0.1) is 11.8 Å². The van der Waals surface area contributed by atoms with Crippen LogP contribution in [0.5, 0.6) is 5.75 Å². The third kappa shape index (κ3) is 3.65. The molecule has 0 atom stereocenters. The van der Waals surface area contributed by atoms with E-state index in [1.54, 1.807) is 18.2 Å². The molecule has 3 rings (SSSR count). The maximum Gasteiger partial charge on any atom is 0.237 e. The Morgan fingerprint density at radius 1 is 1.14 bits per heavy atom. The van der Waals surface area contributed by atoms with Crippen LogP contribution in [0.1, 0.15) is 5.89 Å². The molecule has 0 saturated carbocycles. The molecule has 0 bridgehead atoms. The van der Waals surface area contributed by atoms with Gasteiger partial charge in [0, 0.05) is 14.9 Å². The van der Waals surface area contributed by atoms with Gasteiger partial charge in [-0.3, -0.25) is 0 Å². The van der Waals surface area contributed by atoms with Gasteiger partial charge in [-0.25, -0.2) is 0 Å². The molecule has 1 heterocycles. The summed E-state index contributed by atoms with van der Waals surface area (Å²) in [4.78, 5) is 5.33. The van der Waals surface area contributed by atoms with Crippen LogP contribution < -0.4 is 0 Å². The van der Waals surface area contributed by atoms with Gasteiger partial charge in [0.05, 0.1) is 5.75 Å². The highest BCUT2D eigenvalue weighted by atomic mass is 79.9. The Morgan fingerprint density at radius 3 is 2.81 bits per heavy atom. The monoisotopic (exact) mass is 362 g/mol. The molecular formula is C15H11BrN2O2S. The summed E-state index contributed by atoms with van der Waals surface area (Å²) in [5, 5.41) is 13.4. The Hall–Kier alpha value is -1.79. The Kier molecular flexibility index (Phi) is 4.26. The third-order valence-electron chi connectivity index (χ3n) is 2.73. The quantitative estimate of drug-likeness (QED) is 0.692. The van der Waals surface area contributed by atoms with Crippen LogP contribution in [0.25, 0.3) is 11.4 Å². The van der Waals surface area contributed by atoms with Crippen LogP contribution in [0.4, 0.5) is 0 Å². The molecule has 106 valence electrons. The predicted octanol–water partition coefficient (Wildman–Crippen LogP) is 4.50. The van der Waals surface area contributed by atoms with E-state index < -0.39 is 0 Å². The second-order valence-corrected chi connectivity index (χ2v) is 6.27. The molecular weight excluding hydrogens is 352 g/mol. The SMILES string of the molecule is Oc1cccc(SCc2nc(-c3cccc(Br)c3)no2)c1. The molecule has 0 saturated heterocycles. The van der Waals surface area contributed by atoms with Crippen LogP contribution in [0.2, 0.25) is 0 Å². The van der Waals surface area contributed by atoms with Crippen LogP contribution in [0.3, 0.4) is 0 Å². The molecule has 0 unspecified atom stereocenters. The summed E-state index contributed by atoms with van der Waals surface area (Å²) in [5.74, 6) is 1.94. The van der Waals surface area contributed by atoms with Gasteiger partial charge in [-0.2, -0.15) is 4.98 Å². The van der Waals surface area contributed by atoms with Crippen molar-refractivity contribution < 1.29 is 9.63 Å². The number of nitrogens with zero attached hydrogens (tertiary/aromatic N) is 2. The average Bonchev–Trinajstić information content (AvgIpc) is 2.94. The summed E-state index contributed by atoms with van der Waals surface area (Å²) in [6, 6.07) is 14.8. The number of thioether (sulfide) groups is 1. The number of benzene rings is 2. The Labute approximate surface area is 134 Å². The van der Waals surface area contributed by atoms with Crippen LogP contribution in [-0.2, 0) is 5.75 Å². The van der Waals surface area contributed by atoms with Gasteiger partial charge in [0.15, 0.2) is 0 Å². The number of phenols is 1. The second kappa shape index (κ2) is 6.32. The first-order valence-electron chi connectivity index (χ1n) is 6.21. The molecule has 0 aliphatic heterocycles. The lowest BCUT2D eigenvalue weighted by Gasteiger charge is -1.98. The molecule has 4 nitrogen and oxygen atoms in total. The molecule has 0 amide bonds. The van der Waals surface area contributed by atoms with Crippen molar-refractivity contribution in [1.82, 2.24) is 10.1 Å². The minimum absolute atomic E-state index is 0.250. The smallest absolute Gasteiger partial charge is 0.237 e. The van der Waals surface area contributed by atoms with Crippen LogP contribution >= 0.6 is 27.7 Å². The van der Waals surface area contributed by atoms with Crippen LogP contribution in [-0.4, -0.2) is 15.2 Å². The number of rotatable bonds is 4. The van der Waals surface area contributed by atoms with Crippen LogP contribution in [0.15, 0.2) is 62.4 Å². The first-order valence-corrected chi connectivity index (χ1v) is 7.99. The summed E-state index contributed by atoms with van der Waals surface area (Å²) in [5.41, 5.74) is 0.904. The molecule has 0 radical (unpaired) electrons. The van der Waals surface area contributed by atoms with E-state index in [2.05, 4.69) is 26.1 Å². The largest absolute Gasteiger partial charge is 0.508 e. The van der Waals surface area contributed by atoms with Crippen LogP contribution in [0, 0.1) is 0 Å². The molecule has 3 aromatic rings. The topological polar surface area (TPSA) is 59.2 Å². The molecule has 21 heavy (non-hydrogen) atoms. The van der Waals surface area contributed by atoms with Gasteiger partial charge >= 0.3 is 0 Å². The normalized spacial score (nSPS) is 10.7. The van der Waals surface area contributed by atoms with Gasteiger partial charge in [0.2, 0.25) is 11.7 Å². The van der Waals surface area contributed by atoms with Crippen molar-refractivity contribution in [3.05, 3.63) is 58.9 Å². The molecule has 0 spiro atoms. The van der Waals surface area contributed by atoms with Crippen molar-refractivity contribution in [3.63, 3.8) is 0 Å². The number of phenolic OH excluding ortho intramolecular Hbond substituents is 1. The third-order valence-corrected chi connectivity index (χ3v) is 4.20. The van der Waals surface area contributed by atoms with Gasteiger partial charge < -0.3 is 9.63 Å². The van der Waals surface area contributed by atoms with E-state index in [0.29, 0.717) is 17.5 Å². The van der Waals surface area contributed by atoms with E-state index in [0.717, 1.165) is 14.9 Å². The maximum atomic E-state index is 9.42. The zero-order valence-corrected chi connectivity index (χ0v) is 13.3. The van der Waals surface area contributed by atoms with Crippen molar-refractivity contribution in [2.75, 3.05) is 0 Å². The lowest BCUT2D eigenvalue weighted by Crippen LogP contribution is -1.83. The Bertz CT molecular complexity index is 761. The number of aromatic nitrogens is 2. The molecule has 0 aliphatic rings. The standard InChI is InChI=1S/C15H11BrN2O2S/c16-11-4-1-3-10(7-11)15-17-14(20-18-15)9-21-13-6-2-5-12(19)8-13/h1-8,19H,9H2. The van der Waals surface area contributed by atoms with Crippen molar-refractivity contribution in [1.29, 1.82) is 0 Å². The summed E-state index contributed by atoms with van der Waals surface area (Å²) in [7, 11) is 0. The van der Waals surface area contributed by atoms with E-state index in [1.165, 1.54) is 11.8 Å². The highest BCUT2D eigenvalue weighted by Crippen LogP contribution is 2.26. The molecule has 0 fully saturated rings. The first kappa shape index (κ1) is 14.2. The first-order chi connectivity index (χ1) is 10.2. The fourth-order valence-corrected chi connectivity index (χ4v) is 2.96. The number of aromatic hydroxyl groups is 1. The molecule has 1 N–H and O–H groups in total. The predicted molar refractivity (Wildman–Crippen MR) is 85.1 cm³/mol. The van der Waals surface area contributed by atoms with E-state index in [1.807, 2.05) is 30.3 Å². The van der Waals surface area contributed by atoms with E-state index >= 15 is 0 Å². The number of hydrogen-bond acceptors (Lipinski definition) is 5. The van der Waals surface area contributed by atoms with Gasteiger partial charge in [-0.05, 0) is 30.3 Å².